The van der Waals surface area contributed by atoms with Crippen LogP contribution in [0.2, 0.25) is 19.6 Å². The van der Waals surface area contributed by atoms with Crippen LogP contribution in [0.5, 0.6) is 0 Å². The normalized spacial score (nSPS) is 11.6. The van der Waals surface area contributed by atoms with Gasteiger partial charge in [-0.2, -0.15) is 0 Å². The number of pyridine rings is 2. The molecule has 5 nitrogen and oxygen atoms in total. The molecule has 4 aromatic heterocycles. The van der Waals surface area contributed by atoms with E-state index in [1.54, 1.807) is 6.20 Å². The maximum absolute atomic E-state index is 6.03. The molecule has 4 aromatic carbocycles. The summed E-state index contributed by atoms with van der Waals surface area (Å²) >= 11 is 0. The van der Waals surface area contributed by atoms with Gasteiger partial charge < -0.3 is 14.0 Å². The van der Waals surface area contributed by atoms with Crippen molar-refractivity contribution in [3.63, 3.8) is 0 Å². The van der Waals surface area contributed by atoms with Crippen molar-refractivity contribution < 1.29 is 24.5 Å². The maximum Gasteiger partial charge on any atom is 0.215 e. The predicted octanol–water partition coefficient (Wildman–Crippen LogP) is 11.0. The molecule has 0 atom stereocenters. The second kappa shape index (κ2) is 15.1. The van der Waals surface area contributed by atoms with Crippen molar-refractivity contribution in [2.24, 2.45) is 5.92 Å². The molecule has 0 bridgehead atoms. The van der Waals surface area contributed by atoms with Crippen LogP contribution in [0, 0.1) is 38.8 Å². The Hall–Kier alpha value is -4.68. The number of aromatic nitrogens is 4. The average Bonchev–Trinajstić information content (AvgIpc) is 3.66. The third kappa shape index (κ3) is 7.45. The van der Waals surface area contributed by atoms with E-state index in [0.29, 0.717) is 11.6 Å². The van der Waals surface area contributed by atoms with E-state index in [9.17, 15) is 0 Å². The maximum atomic E-state index is 6.03. The zero-order chi connectivity index (χ0) is 35.9. The number of aryl methyl sites for hydroxylation is 3. The molecule has 0 amide bonds. The summed E-state index contributed by atoms with van der Waals surface area (Å²) in [5.74, 6) is 1.52. The van der Waals surface area contributed by atoms with Gasteiger partial charge in [-0.1, -0.05) is 92.5 Å². The molecule has 0 spiro atoms. The van der Waals surface area contributed by atoms with Crippen molar-refractivity contribution in [1.82, 2.24) is 19.5 Å². The van der Waals surface area contributed by atoms with Crippen LogP contribution in [0.1, 0.15) is 36.1 Å². The van der Waals surface area contributed by atoms with Gasteiger partial charge in [0, 0.05) is 43.6 Å². The van der Waals surface area contributed by atoms with Gasteiger partial charge in [0.25, 0.3) is 0 Å². The Morgan fingerprint density at radius 1 is 0.808 bits per heavy atom. The van der Waals surface area contributed by atoms with Gasteiger partial charge >= 0.3 is 0 Å². The molecule has 0 aliphatic rings. The fraction of sp³-hybridized carbons (Fsp3) is 0.222. The fourth-order valence-corrected chi connectivity index (χ4v) is 8.71. The summed E-state index contributed by atoms with van der Waals surface area (Å²) in [4.78, 5) is 14.0. The number of para-hydroxylation sites is 2. The Labute approximate surface area is 321 Å². The van der Waals surface area contributed by atoms with Crippen LogP contribution >= 0.6 is 0 Å². The molecule has 1 radical (unpaired) electrons. The van der Waals surface area contributed by atoms with Crippen molar-refractivity contribution in [1.29, 1.82) is 0 Å². The topological polar surface area (TPSA) is 56.7 Å². The molecular weight excluding hydrogens is 833 g/mol. The van der Waals surface area contributed by atoms with Crippen molar-refractivity contribution >= 4 is 46.4 Å². The summed E-state index contributed by atoms with van der Waals surface area (Å²) in [5.41, 5.74) is 12.8. The molecule has 7 heteroatoms. The second-order valence-corrected chi connectivity index (χ2v) is 20.0. The smallest absolute Gasteiger partial charge is 0.215 e. The van der Waals surface area contributed by atoms with E-state index >= 15 is 0 Å². The Morgan fingerprint density at radius 2 is 1.56 bits per heavy atom. The molecule has 0 aliphatic heterocycles. The summed E-state index contributed by atoms with van der Waals surface area (Å²) in [6.45, 7) is 18.2. The van der Waals surface area contributed by atoms with Crippen LogP contribution in [0.15, 0.2) is 108 Å². The number of hydrogen-bond acceptors (Lipinski definition) is 4. The Morgan fingerprint density at radius 3 is 2.27 bits per heavy atom. The van der Waals surface area contributed by atoms with Gasteiger partial charge in [0.15, 0.2) is 0 Å². The van der Waals surface area contributed by atoms with E-state index in [4.69, 9.17) is 9.40 Å². The van der Waals surface area contributed by atoms with E-state index in [2.05, 4.69) is 130 Å². The number of imidazole rings is 1. The van der Waals surface area contributed by atoms with Crippen LogP contribution in [0.3, 0.4) is 0 Å². The number of benzene rings is 4. The molecule has 8 aromatic rings. The van der Waals surface area contributed by atoms with Crippen LogP contribution in [-0.2, 0) is 26.5 Å². The first-order valence-corrected chi connectivity index (χ1v) is 21.2. The van der Waals surface area contributed by atoms with E-state index < -0.39 is 8.07 Å². The Balaban J connectivity index is 0.000000193. The molecule has 4 heterocycles. The van der Waals surface area contributed by atoms with Crippen molar-refractivity contribution in [2.75, 3.05) is 0 Å². The van der Waals surface area contributed by atoms with Gasteiger partial charge in [0.05, 0.1) is 30.5 Å². The standard InChI is InChI=1S/C27H20N3O.C18H24NSi.Ir/c1-16-13-17(2)25(18(3)14-16)30-23-9-5-4-8-22(23)29-26(30)19-10-11-20-21-7-6-12-28-27(21)31-24(20)15-19;1-14(2)11-16-12-17(15-9-7-6-8-10-15)19-13-18(16)20(3,4)5;/h4-9,11-15H,1-3H3;6-9,12-14H,11H2,1-5H3;/q2*-1;. The van der Waals surface area contributed by atoms with Crippen LogP contribution in [0.25, 0.3) is 61.4 Å². The number of nitrogens with zero attached hydrogens (tertiary/aromatic N) is 4. The van der Waals surface area contributed by atoms with Gasteiger partial charge in [-0.05, 0) is 73.3 Å². The molecule has 0 N–H and O–H groups in total. The van der Waals surface area contributed by atoms with E-state index in [0.717, 1.165) is 62.1 Å². The first-order chi connectivity index (χ1) is 24.5. The SMILES string of the molecule is CC(C)Cc1cc(-c2[c-]cccc2)ncc1[Si](C)(C)C.Cc1cc(C)c(-n2c(-c3[c-]cc4c(c3)oc3ncccc34)nc3ccccc32)c(C)c1.[Ir]. The number of furan rings is 1. The predicted molar refractivity (Wildman–Crippen MR) is 215 cm³/mol. The molecule has 8 rings (SSSR count). The monoisotopic (exact) mass is 877 g/mol. The van der Waals surface area contributed by atoms with Gasteiger partial charge in [-0.25, -0.2) is 4.98 Å². The third-order valence-electron chi connectivity index (χ3n) is 9.25. The molecule has 0 fully saturated rings. The van der Waals surface area contributed by atoms with Gasteiger partial charge in [0.1, 0.15) is 0 Å². The molecular formula is C45H44IrN4OSi-2. The summed E-state index contributed by atoms with van der Waals surface area (Å²) in [5, 5.41) is 3.50. The molecule has 0 saturated carbocycles. The Bertz CT molecular complexity index is 2490. The van der Waals surface area contributed by atoms with Gasteiger partial charge in [-0.15, -0.1) is 53.6 Å². The fourth-order valence-electron chi connectivity index (χ4n) is 7.12. The van der Waals surface area contributed by atoms with Crippen molar-refractivity contribution in [3.05, 3.63) is 138 Å². The van der Waals surface area contributed by atoms with Crippen LogP contribution in [0.4, 0.5) is 0 Å². The van der Waals surface area contributed by atoms with E-state index in [1.165, 1.54) is 27.4 Å². The molecule has 0 aliphatic carbocycles. The third-order valence-corrected chi connectivity index (χ3v) is 11.3. The quantitative estimate of drug-likeness (QED) is 0.123. The van der Waals surface area contributed by atoms with Gasteiger partial charge in [0.2, 0.25) is 5.71 Å². The summed E-state index contributed by atoms with van der Waals surface area (Å²) in [6, 6.07) is 37.7. The molecule has 0 unspecified atom stereocenters. The van der Waals surface area contributed by atoms with E-state index in [-0.39, 0.29) is 20.1 Å². The van der Waals surface area contributed by atoms with Crippen LogP contribution < -0.4 is 5.19 Å². The minimum Gasteiger partial charge on any atom is -0.458 e. The minimum atomic E-state index is -1.34. The zero-order valence-corrected chi connectivity index (χ0v) is 34.5. The number of rotatable bonds is 6. The number of hydrogen-bond donors (Lipinski definition) is 0. The van der Waals surface area contributed by atoms with Gasteiger partial charge in [-0.3, -0.25) is 4.98 Å². The van der Waals surface area contributed by atoms with Crippen molar-refractivity contribution in [2.45, 2.75) is 60.7 Å². The summed E-state index contributed by atoms with van der Waals surface area (Å²) in [6.07, 6.45) is 4.99. The first-order valence-electron chi connectivity index (χ1n) is 17.7. The molecule has 265 valence electrons. The number of fused-ring (bicyclic) bond motifs is 4. The Kier molecular flexibility index (Phi) is 10.8. The van der Waals surface area contributed by atoms with E-state index in [1.807, 2.05) is 48.5 Å². The average molecular weight is 877 g/mol. The van der Waals surface area contributed by atoms with Crippen LogP contribution in [-0.4, -0.2) is 27.6 Å². The summed E-state index contributed by atoms with van der Waals surface area (Å²) in [7, 11) is -1.34. The zero-order valence-electron chi connectivity index (χ0n) is 31.1. The van der Waals surface area contributed by atoms with Crippen molar-refractivity contribution in [3.8, 4) is 28.3 Å². The first kappa shape index (κ1) is 37.1. The summed E-state index contributed by atoms with van der Waals surface area (Å²) < 4.78 is 8.28. The molecule has 0 saturated heterocycles. The molecule has 52 heavy (non-hydrogen) atoms. The second-order valence-electron chi connectivity index (χ2n) is 14.9. The largest absolute Gasteiger partial charge is 0.458 e. The minimum absolute atomic E-state index is 0.